The van der Waals surface area contributed by atoms with Crippen molar-refractivity contribution in [3.63, 3.8) is 0 Å². The first-order valence-electron chi connectivity index (χ1n) is 9.00. The highest BCUT2D eigenvalue weighted by Crippen LogP contribution is 2.41. The molecule has 2 aromatic rings. The molecule has 1 saturated carbocycles. The van der Waals surface area contributed by atoms with E-state index in [1.165, 1.54) is 24.6 Å². The first-order chi connectivity index (χ1) is 12.6. The fourth-order valence-electron chi connectivity index (χ4n) is 3.19. The van der Waals surface area contributed by atoms with Gasteiger partial charge in [0.05, 0.1) is 16.5 Å². The quantitative estimate of drug-likeness (QED) is 0.756. The molecule has 8 heteroatoms. The van der Waals surface area contributed by atoms with Gasteiger partial charge in [-0.05, 0) is 50.3 Å². The van der Waals surface area contributed by atoms with Crippen molar-refractivity contribution in [1.29, 1.82) is 0 Å². The van der Waals surface area contributed by atoms with Gasteiger partial charge in [-0.3, -0.25) is 9.36 Å². The summed E-state index contributed by atoms with van der Waals surface area (Å²) >= 11 is 7.63. The molecule has 2 fully saturated rings. The smallest absolute Gasteiger partial charge is 0.234 e. The fourth-order valence-corrected chi connectivity index (χ4v) is 4.27. The molecule has 1 N–H and O–H groups in total. The number of carbonyl (C=O) groups excluding carboxylic acids is 1. The predicted octanol–water partition coefficient (Wildman–Crippen LogP) is 3.91. The van der Waals surface area contributed by atoms with Crippen molar-refractivity contribution in [3.8, 4) is 0 Å². The van der Waals surface area contributed by atoms with Crippen LogP contribution in [0.2, 0.25) is 5.02 Å². The van der Waals surface area contributed by atoms with Crippen molar-refractivity contribution >= 4 is 40.9 Å². The molecule has 2 heterocycles. The minimum Gasteiger partial charge on any atom is -0.341 e. The minimum atomic E-state index is -0.0891. The van der Waals surface area contributed by atoms with E-state index in [1.54, 1.807) is 0 Å². The number of halogens is 1. The lowest BCUT2D eigenvalue weighted by molar-refractivity contribution is -0.113. The van der Waals surface area contributed by atoms with Gasteiger partial charge in [0.25, 0.3) is 0 Å². The summed E-state index contributed by atoms with van der Waals surface area (Å²) in [7, 11) is 0. The Hall–Kier alpha value is -1.73. The van der Waals surface area contributed by atoms with E-state index in [4.69, 9.17) is 11.6 Å². The van der Waals surface area contributed by atoms with Gasteiger partial charge in [-0.1, -0.05) is 29.4 Å². The number of aryl methyl sites for hydroxylation is 1. The van der Waals surface area contributed by atoms with Crippen LogP contribution >= 0.6 is 23.4 Å². The fraction of sp³-hybridized carbons (Fsp3) is 0.500. The van der Waals surface area contributed by atoms with Gasteiger partial charge >= 0.3 is 0 Å². The highest BCUT2D eigenvalue weighted by molar-refractivity contribution is 7.99. The third kappa shape index (κ3) is 3.83. The number of nitrogens with one attached hydrogen (secondary N) is 1. The van der Waals surface area contributed by atoms with Crippen LogP contribution in [-0.2, 0) is 4.79 Å². The Kier molecular flexibility index (Phi) is 5.09. The van der Waals surface area contributed by atoms with E-state index in [9.17, 15) is 4.79 Å². The Bertz CT molecular complexity index is 814. The molecule has 0 spiro atoms. The number of carbonyl (C=O) groups is 1. The Morgan fingerprint density at radius 2 is 2.08 bits per heavy atom. The average molecular weight is 392 g/mol. The third-order valence-corrected chi connectivity index (χ3v) is 5.93. The van der Waals surface area contributed by atoms with E-state index in [1.807, 2.05) is 25.1 Å². The molecule has 4 rings (SSSR count). The lowest BCUT2D eigenvalue weighted by Crippen LogP contribution is -2.22. The van der Waals surface area contributed by atoms with Crippen molar-refractivity contribution < 1.29 is 4.79 Å². The molecule has 1 aliphatic heterocycles. The van der Waals surface area contributed by atoms with Crippen molar-refractivity contribution in [1.82, 2.24) is 14.8 Å². The highest BCUT2D eigenvalue weighted by atomic mass is 35.5. The summed E-state index contributed by atoms with van der Waals surface area (Å²) in [6.07, 6.45) is 4.74. The summed E-state index contributed by atoms with van der Waals surface area (Å²) in [5, 5.41) is 13.0. The van der Waals surface area contributed by atoms with Crippen LogP contribution in [0.15, 0.2) is 23.4 Å². The van der Waals surface area contributed by atoms with E-state index < -0.39 is 0 Å². The van der Waals surface area contributed by atoms with Gasteiger partial charge in [0.2, 0.25) is 11.9 Å². The van der Waals surface area contributed by atoms with Crippen molar-refractivity contribution in [2.45, 2.75) is 43.8 Å². The van der Waals surface area contributed by atoms with Gasteiger partial charge in [-0.15, -0.1) is 10.2 Å². The largest absolute Gasteiger partial charge is 0.341 e. The number of hydrogen-bond donors (Lipinski definition) is 1. The molecule has 26 heavy (non-hydrogen) atoms. The maximum Gasteiger partial charge on any atom is 0.234 e. The van der Waals surface area contributed by atoms with E-state index in [0.717, 1.165) is 42.6 Å². The molecule has 0 radical (unpaired) electrons. The standard InChI is InChI=1S/C18H22ClN5OS/c1-12-4-7-15(14(19)10-12)20-16(25)11-26-18-22-21-17(23-8-2-3-9-23)24(18)13-5-6-13/h4,7,10,13H,2-3,5-6,8-9,11H2,1H3,(H,20,25). The van der Waals surface area contributed by atoms with Crippen LogP contribution < -0.4 is 10.2 Å². The number of benzene rings is 1. The van der Waals surface area contributed by atoms with E-state index in [2.05, 4.69) is 25.0 Å². The van der Waals surface area contributed by atoms with E-state index in [0.29, 0.717) is 16.8 Å². The van der Waals surface area contributed by atoms with Crippen LogP contribution in [0.3, 0.4) is 0 Å². The van der Waals surface area contributed by atoms with Crippen molar-refractivity contribution in [2.75, 3.05) is 29.1 Å². The maximum atomic E-state index is 12.3. The Morgan fingerprint density at radius 1 is 1.31 bits per heavy atom. The van der Waals surface area contributed by atoms with Gasteiger partial charge in [-0.25, -0.2) is 0 Å². The molecular weight excluding hydrogens is 370 g/mol. The molecule has 1 saturated heterocycles. The van der Waals surface area contributed by atoms with Gasteiger partial charge in [-0.2, -0.15) is 0 Å². The summed E-state index contributed by atoms with van der Waals surface area (Å²) in [5.41, 5.74) is 1.71. The average Bonchev–Trinajstić information content (AvgIpc) is 3.14. The highest BCUT2D eigenvalue weighted by Gasteiger charge is 2.32. The second-order valence-corrected chi connectivity index (χ2v) is 8.25. The Morgan fingerprint density at radius 3 is 2.77 bits per heavy atom. The molecular formula is C18H22ClN5OS. The van der Waals surface area contributed by atoms with Crippen LogP contribution in [0.1, 0.15) is 37.3 Å². The molecule has 2 aliphatic rings. The number of aromatic nitrogens is 3. The normalized spacial score (nSPS) is 16.9. The summed E-state index contributed by atoms with van der Waals surface area (Å²) in [6, 6.07) is 6.09. The molecule has 0 bridgehead atoms. The van der Waals surface area contributed by atoms with Gasteiger partial charge < -0.3 is 10.2 Å². The maximum absolute atomic E-state index is 12.3. The van der Waals surface area contributed by atoms with Crippen LogP contribution in [-0.4, -0.2) is 39.5 Å². The van der Waals surface area contributed by atoms with Crippen molar-refractivity contribution in [3.05, 3.63) is 28.8 Å². The first-order valence-corrected chi connectivity index (χ1v) is 10.4. The van der Waals surface area contributed by atoms with Crippen molar-refractivity contribution in [2.24, 2.45) is 0 Å². The summed E-state index contributed by atoms with van der Waals surface area (Å²) in [6.45, 7) is 4.06. The molecule has 1 amide bonds. The predicted molar refractivity (Wildman–Crippen MR) is 105 cm³/mol. The zero-order valence-corrected chi connectivity index (χ0v) is 16.3. The summed E-state index contributed by atoms with van der Waals surface area (Å²) in [4.78, 5) is 14.6. The second-order valence-electron chi connectivity index (χ2n) is 6.90. The molecule has 1 aromatic carbocycles. The zero-order chi connectivity index (χ0) is 18.1. The molecule has 1 aromatic heterocycles. The number of thioether (sulfide) groups is 1. The second kappa shape index (κ2) is 7.48. The first kappa shape index (κ1) is 17.7. The van der Waals surface area contributed by atoms with Crippen LogP contribution in [0.25, 0.3) is 0 Å². The number of amides is 1. The Labute approximate surface area is 162 Å². The summed E-state index contributed by atoms with van der Waals surface area (Å²) < 4.78 is 2.22. The lowest BCUT2D eigenvalue weighted by atomic mass is 10.2. The number of hydrogen-bond acceptors (Lipinski definition) is 5. The molecule has 6 nitrogen and oxygen atoms in total. The van der Waals surface area contributed by atoms with Crippen LogP contribution in [0, 0.1) is 6.92 Å². The van der Waals surface area contributed by atoms with Gasteiger partial charge in [0.1, 0.15) is 0 Å². The lowest BCUT2D eigenvalue weighted by Gasteiger charge is -2.17. The molecule has 1 aliphatic carbocycles. The number of nitrogens with zero attached hydrogens (tertiary/aromatic N) is 4. The molecule has 138 valence electrons. The van der Waals surface area contributed by atoms with E-state index in [-0.39, 0.29) is 11.7 Å². The van der Waals surface area contributed by atoms with Gasteiger partial charge in [0, 0.05) is 19.1 Å². The number of anilines is 2. The topological polar surface area (TPSA) is 63.1 Å². The van der Waals surface area contributed by atoms with Crippen LogP contribution in [0.4, 0.5) is 11.6 Å². The van der Waals surface area contributed by atoms with Gasteiger partial charge in [0.15, 0.2) is 5.16 Å². The minimum absolute atomic E-state index is 0.0891. The molecule has 0 unspecified atom stereocenters. The Balaban J connectivity index is 1.42. The zero-order valence-electron chi connectivity index (χ0n) is 14.7. The summed E-state index contributed by atoms with van der Waals surface area (Å²) in [5.74, 6) is 1.16. The number of rotatable bonds is 6. The van der Waals surface area contributed by atoms with E-state index >= 15 is 0 Å². The van der Waals surface area contributed by atoms with Crippen LogP contribution in [0.5, 0.6) is 0 Å². The monoisotopic (exact) mass is 391 g/mol. The third-order valence-electron chi connectivity index (χ3n) is 4.68. The SMILES string of the molecule is Cc1ccc(NC(=O)CSc2nnc(N3CCCC3)n2C2CC2)c(Cl)c1. The molecule has 0 atom stereocenters.